The van der Waals surface area contributed by atoms with Crippen LogP contribution in [0.4, 0.5) is 19.0 Å². The lowest BCUT2D eigenvalue weighted by molar-refractivity contribution is -0.173. The molecule has 3 aliphatic rings. The highest BCUT2D eigenvalue weighted by atomic mass is 35.5. The molecule has 2 saturated heterocycles. The molecule has 1 aromatic heterocycles. The number of ether oxygens (including phenoxy) is 2. The molecule has 8 nitrogen and oxygen atoms in total. The van der Waals surface area contributed by atoms with E-state index in [1.807, 2.05) is 4.90 Å². The molecule has 2 N–H and O–H groups in total. The summed E-state index contributed by atoms with van der Waals surface area (Å²) in [7, 11) is 3.00. The molecule has 6 rings (SSSR count). The summed E-state index contributed by atoms with van der Waals surface area (Å²) in [6, 6.07) is 11.3. The molecular formula is C28H31ClF3N5O3. The Hall–Kier alpha value is -3.44. The van der Waals surface area contributed by atoms with Crippen molar-refractivity contribution in [1.29, 1.82) is 0 Å². The molecule has 12 heteroatoms. The van der Waals surface area contributed by atoms with Crippen LogP contribution in [0.5, 0.6) is 11.5 Å². The second-order valence-electron chi connectivity index (χ2n) is 10.4. The molecule has 2 fully saturated rings. The van der Waals surface area contributed by atoms with E-state index >= 15 is 0 Å². The zero-order valence-corrected chi connectivity index (χ0v) is 22.9. The maximum Gasteiger partial charge on any atom is 0.410 e. The first kappa shape index (κ1) is 28.1. The Balaban J connectivity index is 0.00000323. The number of nitrogens with one attached hydrogen (secondary N) is 2. The van der Waals surface area contributed by atoms with Gasteiger partial charge in [0, 0.05) is 49.8 Å². The number of benzene rings is 2. The van der Waals surface area contributed by atoms with E-state index in [2.05, 4.69) is 15.7 Å². The highest BCUT2D eigenvalue weighted by Crippen LogP contribution is 2.45. The number of anilines is 1. The Morgan fingerprint density at radius 1 is 0.975 bits per heavy atom. The molecular weight excluding hydrogens is 547 g/mol. The van der Waals surface area contributed by atoms with Gasteiger partial charge in [0.15, 0.2) is 17.5 Å². The van der Waals surface area contributed by atoms with Crippen LogP contribution < -0.4 is 20.1 Å². The summed E-state index contributed by atoms with van der Waals surface area (Å²) in [5.74, 6) is 2.21. The third-order valence-corrected chi connectivity index (χ3v) is 8.10. The van der Waals surface area contributed by atoms with Crippen molar-refractivity contribution < 1.29 is 27.4 Å². The summed E-state index contributed by atoms with van der Waals surface area (Å²) >= 11 is 0. The van der Waals surface area contributed by atoms with Crippen molar-refractivity contribution in [3.8, 4) is 22.8 Å². The number of likely N-dealkylation sites (tertiary alicyclic amines) is 1. The maximum absolute atomic E-state index is 14.2. The average Bonchev–Trinajstić information content (AvgIpc) is 3.66. The molecule has 40 heavy (non-hydrogen) atoms. The van der Waals surface area contributed by atoms with Crippen LogP contribution in [0.15, 0.2) is 48.5 Å². The summed E-state index contributed by atoms with van der Waals surface area (Å²) in [4.78, 5) is 14.9. The smallest absolute Gasteiger partial charge is 0.410 e. The van der Waals surface area contributed by atoms with Gasteiger partial charge in [0.1, 0.15) is 5.82 Å². The SMILES string of the molecule is COc1ccc(C2CC(C(F)(F)F)n3nc(-c4ccc(C(=O)N5CC6CNCC6C5)cc4)cc3N2)cc1OC.Cl. The predicted molar refractivity (Wildman–Crippen MR) is 146 cm³/mol. The van der Waals surface area contributed by atoms with Crippen molar-refractivity contribution >= 4 is 24.1 Å². The maximum atomic E-state index is 14.2. The number of halogens is 4. The Morgan fingerprint density at radius 3 is 2.27 bits per heavy atom. The molecule has 4 unspecified atom stereocenters. The Kier molecular flexibility index (Phi) is 7.62. The highest BCUT2D eigenvalue weighted by Gasteiger charge is 2.46. The van der Waals surface area contributed by atoms with Gasteiger partial charge in [-0.15, -0.1) is 12.4 Å². The van der Waals surface area contributed by atoms with Gasteiger partial charge < -0.3 is 25.0 Å². The Bertz CT molecular complexity index is 1370. The van der Waals surface area contributed by atoms with Gasteiger partial charge in [-0.1, -0.05) is 18.2 Å². The van der Waals surface area contributed by atoms with E-state index in [0.717, 1.165) is 30.9 Å². The number of carbonyl (C=O) groups is 1. The summed E-state index contributed by atoms with van der Waals surface area (Å²) in [6.45, 7) is 3.38. The van der Waals surface area contributed by atoms with Gasteiger partial charge in [-0.25, -0.2) is 4.68 Å². The fourth-order valence-electron chi connectivity index (χ4n) is 5.99. The van der Waals surface area contributed by atoms with E-state index < -0.39 is 18.3 Å². The van der Waals surface area contributed by atoms with Gasteiger partial charge in [-0.2, -0.15) is 18.3 Å². The minimum absolute atomic E-state index is 0. The molecule has 0 radical (unpaired) electrons. The van der Waals surface area contributed by atoms with E-state index in [1.165, 1.54) is 14.2 Å². The topological polar surface area (TPSA) is 80.7 Å². The number of aromatic nitrogens is 2. The van der Waals surface area contributed by atoms with Crippen LogP contribution in [-0.2, 0) is 0 Å². The standard InChI is InChI=1S/C28H30F3N5O3.ClH/c1-38-23-8-7-18(9-24(23)39-2)21-10-25(28(29,30)31)36-26(33-21)11-22(34-36)16-3-5-17(6-4-16)27(37)35-14-19-12-32-13-20(19)15-35;/h3-9,11,19-21,25,32-33H,10,12-15H2,1-2H3;1H. The summed E-state index contributed by atoms with van der Waals surface area (Å²) in [6.07, 6.45) is -4.72. The number of amides is 1. The molecule has 0 spiro atoms. The molecule has 4 atom stereocenters. The van der Waals surface area contributed by atoms with Gasteiger partial charge in [0.2, 0.25) is 0 Å². The lowest BCUT2D eigenvalue weighted by Crippen LogP contribution is -2.35. The van der Waals surface area contributed by atoms with E-state index in [4.69, 9.17) is 9.47 Å². The molecule has 0 bridgehead atoms. The number of carbonyl (C=O) groups excluding carboxylic acids is 1. The molecule has 0 saturated carbocycles. The van der Waals surface area contributed by atoms with Crippen LogP contribution in [0.2, 0.25) is 0 Å². The van der Waals surface area contributed by atoms with Gasteiger partial charge in [0.05, 0.1) is 26.0 Å². The predicted octanol–water partition coefficient (Wildman–Crippen LogP) is 4.94. The van der Waals surface area contributed by atoms with Crippen LogP contribution in [0, 0.1) is 11.8 Å². The van der Waals surface area contributed by atoms with Crippen LogP contribution in [0.3, 0.4) is 0 Å². The number of hydrogen-bond donors (Lipinski definition) is 2. The summed E-state index contributed by atoms with van der Waals surface area (Å²) in [5, 5.41) is 10.9. The van der Waals surface area contributed by atoms with Gasteiger partial charge in [-0.05, 0) is 41.7 Å². The lowest BCUT2D eigenvalue weighted by atomic mass is 9.96. The average molecular weight is 578 g/mol. The van der Waals surface area contributed by atoms with Gasteiger partial charge in [-0.3, -0.25) is 4.79 Å². The Labute approximate surface area is 236 Å². The van der Waals surface area contributed by atoms with Gasteiger partial charge in [0.25, 0.3) is 5.91 Å². The van der Waals surface area contributed by atoms with Crippen LogP contribution >= 0.6 is 12.4 Å². The second kappa shape index (κ2) is 10.9. The number of alkyl halides is 3. The van der Waals surface area contributed by atoms with Crippen LogP contribution in [-0.4, -0.2) is 67.2 Å². The van der Waals surface area contributed by atoms with Crippen molar-refractivity contribution in [2.45, 2.75) is 24.7 Å². The van der Waals surface area contributed by atoms with E-state index in [-0.39, 0.29) is 30.6 Å². The zero-order chi connectivity index (χ0) is 27.3. The third-order valence-electron chi connectivity index (χ3n) is 8.10. The number of hydrogen-bond acceptors (Lipinski definition) is 6. The van der Waals surface area contributed by atoms with Crippen molar-refractivity contribution in [2.24, 2.45) is 11.8 Å². The van der Waals surface area contributed by atoms with Crippen molar-refractivity contribution in [3.05, 3.63) is 59.7 Å². The lowest BCUT2D eigenvalue weighted by Gasteiger charge is -2.33. The number of methoxy groups -OCH3 is 2. The zero-order valence-electron chi connectivity index (χ0n) is 22.1. The molecule has 4 heterocycles. The normalized spacial score (nSPS) is 23.6. The van der Waals surface area contributed by atoms with E-state index in [0.29, 0.717) is 45.7 Å². The monoisotopic (exact) mass is 577 g/mol. The van der Waals surface area contributed by atoms with Crippen molar-refractivity contribution in [3.63, 3.8) is 0 Å². The molecule has 3 aliphatic heterocycles. The van der Waals surface area contributed by atoms with Crippen LogP contribution in [0.25, 0.3) is 11.3 Å². The number of fused-ring (bicyclic) bond motifs is 2. The first-order valence-electron chi connectivity index (χ1n) is 13.0. The summed E-state index contributed by atoms with van der Waals surface area (Å²) in [5.41, 5.74) is 2.26. The number of nitrogens with zero attached hydrogens (tertiary/aromatic N) is 3. The minimum atomic E-state index is -4.49. The first-order chi connectivity index (χ1) is 18.7. The summed E-state index contributed by atoms with van der Waals surface area (Å²) < 4.78 is 54.2. The molecule has 2 aromatic carbocycles. The highest BCUT2D eigenvalue weighted by molar-refractivity contribution is 5.95. The molecule has 214 valence electrons. The largest absolute Gasteiger partial charge is 0.493 e. The number of rotatable bonds is 5. The fraction of sp³-hybridized carbons (Fsp3) is 0.429. The third kappa shape index (κ3) is 5.08. The second-order valence-corrected chi connectivity index (χ2v) is 10.4. The van der Waals surface area contributed by atoms with E-state index in [9.17, 15) is 18.0 Å². The fourth-order valence-corrected chi connectivity index (χ4v) is 5.99. The molecule has 3 aromatic rings. The van der Waals surface area contributed by atoms with E-state index in [1.54, 1.807) is 48.5 Å². The van der Waals surface area contributed by atoms with Crippen molar-refractivity contribution in [1.82, 2.24) is 20.0 Å². The van der Waals surface area contributed by atoms with Crippen molar-refractivity contribution in [2.75, 3.05) is 45.7 Å². The molecule has 0 aliphatic carbocycles. The first-order valence-corrected chi connectivity index (χ1v) is 13.0. The van der Waals surface area contributed by atoms with Crippen LogP contribution in [0.1, 0.15) is 34.4 Å². The molecule has 1 amide bonds. The minimum Gasteiger partial charge on any atom is -0.493 e. The van der Waals surface area contributed by atoms with Gasteiger partial charge >= 0.3 is 6.18 Å². The Morgan fingerprint density at radius 2 is 1.65 bits per heavy atom. The quantitative estimate of drug-likeness (QED) is 0.447.